The third-order valence-corrected chi connectivity index (χ3v) is 2.80. The molecule has 1 aromatic rings. The number of methoxy groups -OCH3 is 1. The zero-order chi connectivity index (χ0) is 13.0. The molecule has 94 valence electrons. The molecule has 0 unspecified atom stereocenters. The van der Waals surface area contributed by atoms with E-state index in [-0.39, 0.29) is 28.7 Å². The predicted molar refractivity (Wildman–Crippen MR) is 62.0 cm³/mol. The standard InChI is InChI=1S/C10H11BrF2N2O2/c1-17-7(16)2-5-4-15-9(10(12)13)6(3-11)8(5)14/h4,10H,2-3H2,1H3,(H2,14,15). The van der Waals surface area contributed by atoms with Crippen LogP contribution < -0.4 is 5.73 Å². The maximum absolute atomic E-state index is 12.6. The van der Waals surface area contributed by atoms with Crippen LogP contribution in [0.2, 0.25) is 0 Å². The van der Waals surface area contributed by atoms with Crippen LogP contribution in [0.3, 0.4) is 0 Å². The first-order valence-electron chi connectivity index (χ1n) is 4.68. The van der Waals surface area contributed by atoms with Gasteiger partial charge in [0.1, 0.15) is 5.69 Å². The highest BCUT2D eigenvalue weighted by Crippen LogP contribution is 2.29. The monoisotopic (exact) mass is 308 g/mol. The molecule has 0 aliphatic rings. The van der Waals surface area contributed by atoms with E-state index in [1.807, 2.05) is 0 Å². The molecular formula is C10H11BrF2N2O2. The fraction of sp³-hybridized carbons (Fsp3) is 0.400. The van der Waals surface area contributed by atoms with Crippen molar-refractivity contribution in [1.29, 1.82) is 0 Å². The van der Waals surface area contributed by atoms with Crippen LogP contribution in [-0.2, 0) is 21.3 Å². The maximum atomic E-state index is 12.6. The Labute approximate surface area is 105 Å². The Hall–Kier alpha value is -1.24. The van der Waals surface area contributed by atoms with E-state index in [2.05, 4.69) is 25.7 Å². The highest BCUT2D eigenvalue weighted by Gasteiger charge is 2.19. The number of hydrogen-bond donors (Lipinski definition) is 1. The van der Waals surface area contributed by atoms with E-state index >= 15 is 0 Å². The average molecular weight is 309 g/mol. The molecule has 0 aromatic carbocycles. The lowest BCUT2D eigenvalue weighted by atomic mass is 10.1. The summed E-state index contributed by atoms with van der Waals surface area (Å²) in [5, 5.41) is 0.153. The molecule has 0 bridgehead atoms. The number of carbonyl (C=O) groups excluding carboxylic acids is 1. The van der Waals surface area contributed by atoms with Gasteiger partial charge in [0, 0.05) is 28.3 Å². The summed E-state index contributed by atoms with van der Waals surface area (Å²) >= 11 is 3.08. The summed E-state index contributed by atoms with van der Waals surface area (Å²) in [6, 6.07) is 0. The van der Waals surface area contributed by atoms with Gasteiger partial charge in [-0.3, -0.25) is 9.78 Å². The molecule has 0 spiro atoms. The number of alkyl halides is 3. The second-order valence-electron chi connectivity index (χ2n) is 3.25. The van der Waals surface area contributed by atoms with Gasteiger partial charge in [-0.25, -0.2) is 8.78 Å². The number of pyridine rings is 1. The van der Waals surface area contributed by atoms with Gasteiger partial charge in [-0.05, 0) is 0 Å². The minimum absolute atomic E-state index is 0.0845. The normalized spacial score (nSPS) is 10.6. The summed E-state index contributed by atoms with van der Waals surface area (Å²) in [5.41, 5.74) is 6.10. The van der Waals surface area contributed by atoms with Crippen molar-refractivity contribution < 1.29 is 18.3 Å². The van der Waals surface area contributed by atoms with Gasteiger partial charge in [-0.15, -0.1) is 0 Å². The van der Waals surface area contributed by atoms with E-state index in [0.717, 1.165) is 0 Å². The van der Waals surface area contributed by atoms with E-state index in [0.29, 0.717) is 5.56 Å². The molecule has 0 radical (unpaired) electrons. The molecular weight excluding hydrogens is 298 g/mol. The zero-order valence-corrected chi connectivity index (χ0v) is 10.6. The first kappa shape index (κ1) is 13.8. The van der Waals surface area contributed by atoms with E-state index < -0.39 is 12.4 Å². The van der Waals surface area contributed by atoms with Crippen molar-refractivity contribution in [3.63, 3.8) is 0 Å². The average Bonchev–Trinajstić information content (AvgIpc) is 2.30. The van der Waals surface area contributed by atoms with Crippen molar-refractivity contribution in [2.75, 3.05) is 12.8 Å². The molecule has 0 aliphatic carbocycles. The summed E-state index contributed by atoms with van der Waals surface area (Å²) in [5.74, 6) is -0.496. The number of nitrogen functional groups attached to an aromatic ring is 1. The lowest BCUT2D eigenvalue weighted by Gasteiger charge is -2.12. The van der Waals surface area contributed by atoms with Crippen LogP contribution in [0.25, 0.3) is 0 Å². The number of ether oxygens (including phenoxy) is 1. The number of aromatic nitrogens is 1. The first-order valence-corrected chi connectivity index (χ1v) is 5.80. The Kier molecular flexibility index (Phi) is 4.80. The Morgan fingerprint density at radius 1 is 1.65 bits per heavy atom. The number of carbonyl (C=O) groups is 1. The number of halogens is 3. The third-order valence-electron chi connectivity index (χ3n) is 2.24. The molecule has 1 rings (SSSR count). The molecule has 7 heteroatoms. The molecule has 0 atom stereocenters. The number of anilines is 1. The molecule has 4 nitrogen and oxygen atoms in total. The lowest BCUT2D eigenvalue weighted by molar-refractivity contribution is -0.139. The van der Waals surface area contributed by atoms with Crippen molar-refractivity contribution in [2.45, 2.75) is 18.2 Å². The molecule has 0 amide bonds. The Bertz CT molecular complexity index is 427. The number of nitrogens with two attached hydrogens (primary N) is 1. The first-order chi connectivity index (χ1) is 8.01. The van der Waals surface area contributed by atoms with E-state index in [9.17, 15) is 13.6 Å². The van der Waals surface area contributed by atoms with Gasteiger partial charge in [-0.1, -0.05) is 15.9 Å². The second-order valence-corrected chi connectivity index (χ2v) is 3.81. The zero-order valence-electron chi connectivity index (χ0n) is 9.04. The van der Waals surface area contributed by atoms with E-state index in [4.69, 9.17) is 5.73 Å². The van der Waals surface area contributed by atoms with Crippen molar-refractivity contribution in [1.82, 2.24) is 4.98 Å². The molecule has 2 N–H and O–H groups in total. The SMILES string of the molecule is COC(=O)Cc1cnc(C(F)F)c(CBr)c1N. The Balaban J connectivity index is 3.15. The van der Waals surface area contributed by atoms with Gasteiger partial charge < -0.3 is 10.5 Å². The molecule has 0 saturated heterocycles. The molecule has 1 heterocycles. The summed E-state index contributed by atoms with van der Waals surface area (Å²) in [4.78, 5) is 14.7. The van der Waals surface area contributed by atoms with Crippen molar-refractivity contribution in [3.8, 4) is 0 Å². The van der Waals surface area contributed by atoms with Crippen LogP contribution in [0, 0.1) is 0 Å². The predicted octanol–water partition coefficient (Wildman–Crippen LogP) is 2.21. The largest absolute Gasteiger partial charge is 0.469 e. The number of rotatable bonds is 4. The summed E-state index contributed by atoms with van der Waals surface area (Å²) in [7, 11) is 1.24. The smallest absolute Gasteiger partial charge is 0.310 e. The van der Waals surface area contributed by atoms with Crippen LogP contribution in [0.15, 0.2) is 6.20 Å². The minimum atomic E-state index is -2.70. The number of esters is 1. The van der Waals surface area contributed by atoms with E-state index in [1.54, 1.807) is 0 Å². The Morgan fingerprint density at radius 2 is 2.29 bits per heavy atom. The molecule has 0 saturated carbocycles. The fourth-order valence-electron chi connectivity index (χ4n) is 1.32. The van der Waals surface area contributed by atoms with Crippen molar-refractivity contribution in [2.24, 2.45) is 0 Å². The quantitative estimate of drug-likeness (QED) is 0.684. The minimum Gasteiger partial charge on any atom is -0.469 e. The number of hydrogen-bond acceptors (Lipinski definition) is 4. The van der Waals surface area contributed by atoms with Gasteiger partial charge in [0.25, 0.3) is 6.43 Å². The van der Waals surface area contributed by atoms with Gasteiger partial charge in [0.15, 0.2) is 0 Å². The van der Waals surface area contributed by atoms with Crippen molar-refractivity contribution in [3.05, 3.63) is 23.0 Å². The third kappa shape index (κ3) is 3.12. The summed E-state index contributed by atoms with van der Waals surface area (Å²) in [6.07, 6.45) is -1.60. The maximum Gasteiger partial charge on any atom is 0.310 e. The van der Waals surface area contributed by atoms with Crippen LogP contribution in [0.5, 0.6) is 0 Å². The van der Waals surface area contributed by atoms with Crippen LogP contribution in [0.1, 0.15) is 23.2 Å². The van der Waals surface area contributed by atoms with Gasteiger partial charge in [0.05, 0.1) is 13.5 Å². The molecule has 17 heavy (non-hydrogen) atoms. The van der Waals surface area contributed by atoms with Crippen LogP contribution in [-0.4, -0.2) is 18.1 Å². The van der Waals surface area contributed by atoms with Gasteiger partial charge in [0.2, 0.25) is 0 Å². The Morgan fingerprint density at radius 3 is 2.76 bits per heavy atom. The van der Waals surface area contributed by atoms with Crippen LogP contribution in [0.4, 0.5) is 14.5 Å². The molecule has 0 aliphatic heterocycles. The van der Waals surface area contributed by atoms with E-state index in [1.165, 1.54) is 13.3 Å². The van der Waals surface area contributed by atoms with Crippen molar-refractivity contribution >= 4 is 27.6 Å². The van der Waals surface area contributed by atoms with Gasteiger partial charge in [-0.2, -0.15) is 0 Å². The topological polar surface area (TPSA) is 65.2 Å². The van der Waals surface area contributed by atoms with Gasteiger partial charge >= 0.3 is 5.97 Å². The molecule has 1 aromatic heterocycles. The highest BCUT2D eigenvalue weighted by molar-refractivity contribution is 9.08. The highest BCUT2D eigenvalue weighted by atomic mass is 79.9. The van der Waals surface area contributed by atoms with Crippen LogP contribution >= 0.6 is 15.9 Å². The number of nitrogens with zero attached hydrogens (tertiary/aromatic N) is 1. The summed E-state index contributed by atoms with van der Waals surface area (Å²) in [6.45, 7) is 0. The lowest BCUT2D eigenvalue weighted by Crippen LogP contribution is -2.11. The molecule has 0 fully saturated rings. The summed E-state index contributed by atoms with van der Waals surface area (Å²) < 4.78 is 29.7. The fourth-order valence-corrected chi connectivity index (χ4v) is 1.91. The second kappa shape index (κ2) is 5.90.